The Morgan fingerprint density at radius 3 is 2.61 bits per heavy atom. The molecule has 3 aromatic carbocycles. The molecule has 0 aromatic heterocycles. The Bertz CT molecular complexity index is 1220. The van der Waals surface area contributed by atoms with Crippen LogP contribution in [0.1, 0.15) is 25.0 Å². The van der Waals surface area contributed by atoms with E-state index in [2.05, 4.69) is 11.6 Å². The van der Waals surface area contributed by atoms with Crippen molar-refractivity contribution in [3.63, 3.8) is 0 Å². The van der Waals surface area contributed by atoms with Crippen LogP contribution in [-0.2, 0) is 9.53 Å². The lowest BCUT2D eigenvalue weighted by molar-refractivity contribution is -0.129. The molecule has 4 rings (SSSR count). The van der Waals surface area contributed by atoms with Crippen molar-refractivity contribution in [2.45, 2.75) is 13.8 Å². The van der Waals surface area contributed by atoms with Gasteiger partial charge in [-0.05, 0) is 66.1 Å². The lowest BCUT2D eigenvalue weighted by atomic mass is 10.1. The number of hydrogen-bond donors (Lipinski definition) is 0. The van der Waals surface area contributed by atoms with Crippen molar-refractivity contribution in [3.05, 3.63) is 89.6 Å². The SMILES string of the molecule is C=C(C)COc1ccc(/C=C2\N=C(c3ccc4ccccc4c3)OC2=O)cc1OCC. The summed E-state index contributed by atoms with van der Waals surface area (Å²) in [5.74, 6) is 1.04. The maximum atomic E-state index is 12.4. The Kier molecular flexibility index (Phi) is 5.85. The Morgan fingerprint density at radius 1 is 1.03 bits per heavy atom. The van der Waals surface area contributed by atoms with Crippen molar-refractivity contribution < 1.29 is 19.0 Å². The first-order chi connectivity index (χ1) is 15.0. The zero-order valence-electron chi connectivity index (χ0n) is 17.6. The van der Waals surface area contributed by atoms with E-state index in [0.29, 0.717) is 30.6 Å². The molecule has 0 fully saturated rings. The highest BCUT2D eigenvalue weighted by Gasteiger charge is 2.24. The van der Waals surface area contributed by atoms with E-state index in [4.69, 9.17) is 14.2 Å². The highest BCUT2D eigenvalue weighted by molar-refractivity contribution is 6.13. The maximum absolute atomic E-state index is 12.4. The van der Waals surface area contributed by atoms with Gasteiger partial charge in [-0.3, -0.25) is 0 Å². The number of fused-ring (bicyclic) bond motifs is 1. The maximum Gasteiger partial charge on any atom is 0.363 e. The molecule has 0 radical (unpaired) electrons. The lowest BCUT2D eigenvalue weighted by Gasteiger charge is -2.12. The van der Waals surface area contributed by atoms with Crippen molar-refractivity contribution in [1.29, 1.82) is 0 Å². The number of esters is 1. The van der Waals surface area contributed by atoms with Gasteiger partial charge in [-0.1, -0.05) is 43.0 Å². The van der Waals surface area contributed by atoms with Crippen LogP contribution in [0.3, 0.4) is 0 Å². The molecule has 5 nitrogen and oxygen atoms in total. The number of nitrogens with zero attached hydrogens (tertiary/aromatic N) is 1. The minimum Gasteiger partial charge on any atom is -0.490 e. The first-order valence-electron chi connectivity index (χ1n) is 10.1. The summed E-state index contributed by atoms with van der Waals surface area (Å²) in [5.41, 5.74) is 2.68. The Balaban J connectivity index is 1.62. The summed E-state index contributed by atoms with van der Waals surface area (Å²) in [7, 11) is 0. The molecule has 31 heavy (non-hydrogen) atoms. The molecule has 5 heteroatoms. The van der Waals surface area contributed by atoms with Crippen LogP contribution in [0.15, 0.2) is 83.5 Å². The Morgan fingerprint density at radius 2 is 1.84 bits per heavy atom. The Hall–Kier alpha value is -3.86. The zero-order chi connectivity index (χ0) is 21.8. The molecule has 0 saturated carbocycles. The van der Waals surface area contributed by atoms with Gasteiger partial charge in [-0.25, -0.2) is 9.79 Å². The number of cyclic esters (lactones) is 1. The molecule has 0 unspecified atom stereocenters. The zero-order valence-corrected chi connectivity index (χ0v) is 17.6. The van der Waals surface area contributed by atoms with Gasteiger partial charge in [0.05, 0.1) is 6.61 Å². The Labute approximate surface area is 181 Å². The van der Waals surface area contributed by atoms with Gasteiger partial charge in [0.15, 0.2) is 17.2 Å². The monoisotopic (exact) mass is 413 g/mol. The van der Waals surface area contributed by atoms with Gasteiger partial charge < -0.3 is 14.2 Å². The molecule has 0 atom stereocenters. The van der Waals surface area contributed by atoms with E-state index in [1.807, 2.05) is 74.5 Å². The van der Waals surface area contributed by atoms with Gasteiger partial charge in [0.25, 0.3) is 0 Å². The molecular formula is C26H23NO4. The van der Waals surface area contributed by atoms with Gasteiger partial charge >= 0.3 is 5.97 Å². The number of benzene rings is 3. The summed E-state index contributed by atoms with van der Waals surface area (Å²) >= 11 is 0. The topological polar surface area (TPSA) is 57.1 Å². The minimum absolute atomic E-state index is 0.237. The molecule has 3 aromatic rings. The van der Waals surface area contributed by atoms with Crippen LogP contribution in [0, 0.1) is 0 Å². The molecule has 1 aliphatic rings. The first kappa shape index (κ1) is 20.4. The molecule has 0 N–H and O–H groups in total. The molecule has 0 saturated heterocycles. The summed E-state index contributed by atoms with van der Waals surface area (Å²) < 4.78 is 16.9. The van der Waals surface area contributed by atoms with E-state index in [1.165, 1.54) is 0 Å². The van der Waals surface area contributed by atoms with Gasteiger partial charge in [0, 0.05) is 5.56 Å². The summed E-state index contributed by atoms with van der Waals surface area (Å²) in [6.45, 7) is 8.56. The summed E-state index contributed by atoms with van der Waals surface area (Å²) in [6, 6.07) is 19.3. The second kappa shape index (κ2) is 8.88. The highest BCUT2D eigenvalue weighted by Crippen LogP contribution is 2.30. The summed E-state index contributed by atoms with van der Waals surface area (Å²) in [6.07, 6.45) is 1.68. The van der Waals surface area contributed by atoms with Crippen LogP contribution in [0.2, 0.25) is 0 Å². The smallest absolute Gasteiger partial charge is 0.363 e. The van der Waals surface area contributed by atoms with Crippen molar-refractivity contribution in [2.75, 3.05) is 13.2 Å². The number of carbonyl (C=O) groups is 1. The third kappa shape index (κ3) is 4.67. The van der Waals surface area contributed by atoms with Crippen LogP contribution < -0.4 is 9.47 Å². The largest absolute Gasteiger partial charge is 0.490 e. The van der Waals surface area contributed by atoms with E-state index in [-0.39, 0.29) is 5.70 Å². The van der Waals surface area contributed by atoms with E-state index in [0.717, 1.165) is 27.5 Å². The average Bonchev–Trinajstić information content (AvgIpc) is 3.13. The second-order valence-corrected chi connectivity index (χ2v) is 7.28. The number of aliphatic imine (C=N–C) groups is 1. The standard InChI is InChI=1S/C26H23NO4/c1-4-29-24-14-18(9-12-23(24)30-16-17(2)3)13-22-26(28)31-25(27-22)21-11-10-19-7-5-6-8-20(19)15-21/h5-15H,2,4,16H2,1,3H3/b22-13-. The number of carbonyl (C=O) groups excluding carboxylic acids is 1. The molecular weight excluding hydrogens is 390 g/mol. The third-order valence-electron chi connectivity index (χ3n) is 4.66. The minimum atomic E-state index is -0.483. The van der Waals surface area contributed by atoms with E-state index >= 15 is 0 Å². The molecule has 1 aliphatic heterocycles. The number of hydrogen-bond acceptors (Lipinski definition) is 5. The van der Waals surface area contributed by atoms with Gasteiger partial charge in [0.1, 0.15) is 6.61 Å². The molecule has 156 valence electrons. The van der Waals surface area contributed by atoms with Gasteiger partial charge in [-0.2, -0.15) is 0 Å². The van der Waals surface area contributed by atoms with Gasteiger partial charge in [0.2, 0.25) is 5.90 Å². The second-order valence-electron chi connectivity index (χ2n) is 7.28. The van der Waals surface area contributed by atoms with Gasteiger partial charge in [-0.15, -0.1) is 0 Å². The lowest BCUT2D eigenvalue weighted by Crippen LogP contribution is -2.05. The van der Waals surface area contributed by atoms with Crippen LogP contribution in [-0.4, -0.2) is 25.1 Å². The molecule has 0 aliphatic carbocycles. The summed E-state index contributed by atoms with van der Waals surface area (Å²) in [5, 5.41) is 2.17. The fourth-order valence-electron chi connectivity index (χ4n) is 3.22. The number of ether oxygens (including phenoxy) is 3. The molecule has 1 heterocycles. The first-order valence-corrected chi connectivity index (χ1v) is 10.1. The van der Waals surface area contributed by atoms with Crippen molar-refractivity contribution >= 4 is 28.7 Å². The fourth-order valence-corrected chi connectivity index (χ4v) is 3.22. The van der Waals surface area contributed by atoms with E-state index in [9.17, 15) is 4.79 Å². The van der Waals surface area contributed by atoms with E-state index < -0.39 is 5.97 Å². The number of rotatable bonds is 7. The predicted molar refractivity (Wildman–Crippen MR) is 122 cm³/mol. The van der Waals surface area contributed by atoms with Crippen LogP contribution in [0.4, 0.5) is 0 Å². The van der Waals surface area contributed by atoms with E-state index in [1.54, 1.807) is 6.08 Å². The van der Waals surface area contributed by atoms with Crippen LogP contribution in [0.5, 0.6) is 11.5 Å². The molecule has 0 amide bonds. The predicted octanol–water partition coefficient (Wildman–Crippen LogP) is 5.54. The molecule has 0 bridgehead atoms. The van der Waals surface area contributed by atoms with Crippen molar-refractivity contribution in [3.8, 4) is 11.5 Å². The fraction of sp³-hybridized carbons (Fsp3) is 0.154. The molecule has 0 spiro atoms. The van der Waals surface area contributed by atoms with Crippen LogP contribution in [0.25, 0.3) is 16.8 Å². The summed E-state index contributed by atoms with van der Waals surface area (Å²) in [4.78, 5) is 16.8. The normalized spacial score (nSPS) is 14.5. The van der Waals surface area contributed by atoms with Crippen molar-refractivity contribution in [1.82, 2.24) is 0 Å². The van der Waals surface area contributed by atoms with Crippen molar-refractivity contribution in [2.24, 2.45) is 4.99 Å². The average molecular weight is 413 g/mol. The quantitative estimate of drug-likeness (QED) is 0.290. The van der Waals surface area contributed by atoms with Crippen LogP contribution >= 0.6 is 0 Å². The highest BCUT2D eigenvalue weighted by atomic mass is 16.6. The third-order valence-corrected chi connectivity index (χ3v) is 4.66.